The molecule has 0 unspecified atom stereocenters. The number of hydrogen-bond donors (Lipinski definition) is 2. The van der Waals surface area contributed by atoms with Gasteiger partial charge in [0.15, 0.2) is 5.69 Å². The summed E-state index contributed by atoms with van der Waals surface area (Å²) in [5.74, 6) is -0.0939. The second-order valence-corrected chi connectivity index (χ2v) is 11.1. The Labute approximate surface area is 203 Å². The molecule has 2 N–H and O–H groups in total. The van der Waals surface area contributed by atoms with Gasteiger partial charge in [0.05, 0.1) is 15.6 Å². The third kappa shape index (κ3) is 4.96. The molecule has 0 saturated carbocycles. The van der Waals surface area contributed by atoms with Crippen molar-refractivity contribution in [2.45, 2.75) is 16.7 Å². The number of hydrogen-bond acceptors (Lipinski definition) is 6. The van der Waals surface area contributed by atoms with Gasteiger partial charge in [0.1, 0.15) is 10.6 Å². The molecule has 0 bridgehead atoms. The fourth-order valence-electron chi connectivity index (χ4n) is 3.04. The predicted octanol–water partition coefficient (Wildman–Crippen LogP) is 2.62. The van der Waals surface area contributed by atoms with Gasteiger partial charge in [0.2, 0.25) is 0 Å². The average molecular weight is 599 g/mol. The Morgan fingerprint density at radius 3 is 2.09 bits per heavy atom. The summed E-state index contributed by atoms with van der Waals surface area (Å²) in [5.41, 5.74) is 2.13. The smallest absolute Gasteiger partial charge is 0.282 e. The number of rotatable bonds is 5. The number of tetrazole rings is 1. The Bertz CT molecular complexity index is 1500. The van der Waals surface area contributed by atoms with Gasteiger partial charge in [-0.25, -0.2) is 0 Å². The monoisotopic (exact) mass is 599 g/mol. The van der Waals surface area contributed by atoms with E-state index in [1.807, 2.05) is 43.3 Å². The van der Waals surface area contributed by atoms with Crippen LogP contribution >= 0.6 is 22.6 Å². The van der Waals surface area contributed by atoms with Crippen molar-refractivity contribution < 1.29 is 30.7 Å². The van der Waals surface area contributed by atoms with E-state index in [1.54, 1.807) is 12.1 Å². The molecule has 0 aliphatic heterocycles. The number of halogens is 1. The molecule has 170 valence electrons. The quantitative estimate of drug-likeness (QED) is 0.203. The van der Waals surface area contributed by atoms with Crippen LogP contribution in [-0.2, 0) is 20.2 Å². The first kappa shape index (κ1) is 23.4. The zero-order valence-corrected chi connectivity index (χ0v) is 20.7. The fourth-order valence-corrected chi connectivity index (χ4v) is 4.69. The predicted molar refractivity (Wildman–Crippen MR) is 125 cm³/mol. The van der Waals surface area contributed by atoms with Crippen LogP contribution in [0.25, 0.3) is 22.8 Å². The molecule has 0 fully saturated rings. The van der Waals surface area contributed by atoms with Crippen molar-refractivity contribution in [1.29, 1.82) is 0 Å². The van der Waals surface area contributed by atoms with Gasteiger partial charge in [-0.1, -0.05) is 17.7 Å². The van der Waals surface area contributed by atoms with E-state index < -0.39 is 30.0 Å². The summed E-state index contributed by atoms with van der Waals surface area (Å²) in [6, 6.07) is 17.5. The van der Waals surface area contributed by atoms with Crippen LogP contribution in [0.4, 0.5) is 0 Å². The Kier molecular flexibility index (Phi) is 6.09. The van der Waals surface area contributed by atoms with Gasteiger partial charge in [0, 0.05) is 8.37 Å². The summed E-state index contributed by atoms with van der Waals surface area (Å²) in [6.45, 7) is 1.93. The molecule has 0 atom stereocenters. The van der Waals surface area contributed by atoms with Crippen molar-refractivity contribution in [3.63, 3.8) is 0 Å². The van der Waals surface area contributed by atoms with E-state index in [0.29, 0.717) is 17.4 Å². The highest BCUT2D eigenvalue weighted by molar-refractivity contribution is 14.1. The van der Waals surface area contributed by atoms with Gasteiger partial charge < -0.3 is 0 Å². The minimum absolute atomic E-state index is 0.0939. The lowest BCUT2D eigenvalue weighted by molar-refractivity contribution is -0.734. The SMILES string of the molecule is Cc1ccc(-[n+]2nc(-c3ccc(S(=O)(=O)O)cc3S(=O)(=O)O)nn2-c2ccc(I)cc2)cc1. The van der Waals surface area contributed by atoms with Gasteiger partial charge >= 0.3 is 5.82 Å². The van der Waals surface area contributed by atoms with Crippen LogP contribution in [0.1, 0.15) is 5.56 Å². The molecule has 1 heterocycles. The van der Waals surface area contributed by atoms with Crippen molar-refractivity contribution in [3.05, 3.63) is 75.9 Å². The highest BCUT2D eigenvalue weighted by atomic mass is 127. The molecule has 13 heteroatoms. The maximum atomic E-state index is 12.0. The van der Waals surface area contributed by atoms with Crippen LogP contribution in [0.5, 0.6) is 0 Å². The topological polar surface area (TPSA) is 143 Å². The molecule has 33 heavy (non-hydrogen) atoms. The van der Waals surface area contributed by atoms with Crippen LogP contribution in [0.3, 0.4) is 0 Å². The van der Waals surface area contributed by atoms with Crippen LogP contribution in [0, 0.1) is 10.5 Å². The van der Waals surface area contributed by atoms with E-state index in [-0.39, 0.29) is 11.4 Å². The molecule has 4 rings (SSSR count). The van der Waals surface area contributed by atoms with Crippen LogP contribution in [-0.4, -0.2) is 40.9 Å². The van der Waals surface area contributed by atoms with Crippen molar-refractivity contribution in [1.82, 2.24) is 15.0 Å². The summed E-state index contributed by atoms with van der Waals surface area (Å²) < 4.78 is 67.0. The lowest BCUT2D eigenvalue weighted by Crippen LogP contribution is -2.43. The molecule has 0 aliphatic rings. The Hall–Kier alpha value is -2.72. The largest absolute Gasteiger partial charge is 0.341 e. The first-order chi connectivity index (χ1) is 15.4. The minimum atomic E-state index is -4.88. The standard InChI is InChI=1S/C20H15IN4O6S2/c1-13-2-6-15(7-3-13)24-22-20(23-25(24)16-8-4-14(21)5-9-16)18-11-10-17(32(26,27)28)12-19(18)33(29,30)31/h2-12H,1H3,(H-,26,27,28,29,30,31)/p+1. The highest BCUT2D eigenvalue weighted by Gasteiger charge is 2.30. The van der Waals surface area contributed by atoms with E-state index >= 15 is 0 Å². The summed E-state index contributed by atoms with van der Waals surface area (Å²) in [5, 5.41) is 8.85. The number of nitrogens with zero attached hydrogens (tertiary/aromatic N) is 4. The van der Waals surface area contributed by atoms with Crippen molar-refractivity contribution >= 4 is 42.8 Å². The second kappa shape index (κ2) is 8.57. The third-order valence-corrected chi connectivity index (χ3v) is 7.11. The molecule has 0 spiro atoms. The van der Waals surface area contributed by atoms with Crippen molar-refractivity contribution in [2.75, 3.05) is 0 Å². The lowest BCUT2D eigenvalue weighted by Gasteiger charge is -2.03. The molecule has 4 aromatic rings. The minimum Gasteiger partial charge on any atom is -0.282 e. The van der Waals surface area contributed by atoms with Crippen molar-refractivity contribution in [3.8, 4) is 22.8 Å². The molecule has 0 radical (unpaired) electrons. The van der Waals surface area contributed by atoms with Crippen LogP contribution in [0.15, 0.2) is 76.5 Å². The number of benzene rings is 3. The van der Waals surface area contributed by atoms with E-state index in [9.17, 15) is 25.9 Å². The molecule has 0 aliphatic carbocycles. The van der Waals surface area contributed by atoms with Gasteiger partial charge in [0.25, 0.3) is 20.2 Å². The Balaban J connectivity index is 1.99. The zero-order valence-electron chi connectivity index (χ0n) is 16.9. The Morgan fingerprint density at radius 1 is 0.879 bits per heavy atom. The molecular formula is C20H16IN4O6S2+. The summed E-state index contributed by atoms with van der Waals surface area (Å²) in [4.78, 5) is 1.44. The van der Waals surface area contributed by atoms with Gasteiger partial charge in [-0.15, -0.1) is 0 Å². The maximum absolute atomic E-state index is 12.0. The molecule has 0 amide bonds. The molecule has 1 aromatic heterocycles. The van der Waals surface area contributed by atoms with Gasteiger partial charge in [-0.3, -0.25) is 9.11 Å². The van der Waals surface area contributed by atoms with Gasteiger partial charge in [-0.05, 0) is 94.0 Å². The lowest BCUT2D eigenvalue weighted by atomic mass is 10.2. The molecule has 3 aromatic carbocycles. The van der Waals surface area contributed by atoms with Crippen molar-refractivity contribution in [2.24, 2.45) is 0 Å². The van der Waals surface area contributed by atoms with E-state index in [4.69, 9.17) is 0 Å². The average Bonchev–Trinajstić information content (AvgIpc) is 3.18. The molecular weight excluding hydrogens is 583 g/mol. The van der Waals surface area contributed by atoms with Gasteiger partial charge in [-0.2, -0.15) is 16.8 Å². The second-order valence-electron chi connectivity index (χ2n) is 7.02. The summed E-state index contributed by atoms with van der Waals surface area (Å²) >= 11 is 2.16. The van der Waals surface area contributed by atoms with Crippen LogP contribution in [0.2, 0.25) is 0 Å². The number of aromatic nitrogens is 4. The molecule has 0 saturated heterocycles. The van der Waals surface area contributed by atoms with E-state index in [2.05, 4.69) is 32.8 Å². The third-order valence-electron chi connectivity index (χ3n) is 4.65. The first-order valence-electron chi connectivity index (χ1n) is 9.25. The normalized spacial score (nSPS) is 12.1. The fraction of sp³-hybridized carbons (Fsp3) is 0.0500. The maximum Gasteiger partial charge on any atom is 0.341 e. The van der Waals surface area contributed by atoms with E-state index in [0.717, 1.165) is 21.3 Å². The summed E-state index contributed by atoms with van der Waals surface area (Å²) in [6.07, 6.45) is 0. The summed E-state index contributed by atoms with van der Waals surface area (Å²) in [7, 11) is -9.59. The number of aryl methyl sites for hydroxylation is 1. The first-order valence-corrected chi connectivity index (χ1v) is 13.2. The highest BCUT2D eigenvalue weighted by Crippen LogP contribution is 2.27. The zero-order chi connectivity index (χ0) is 24.0. The Morgan fingerprint density at radius 2 is 1.52 bits per heavy atom. The molecule has 10 nitrogen and oxygen atoms in total. The van der Waals surface area contributed by atoms with Crippen LogP contribution < -0.4 is 4.80 Å². The van der Waals surface area contributed by atoms with E-state index in [1.165, 1.54) is 9.59 Å².